The van der Waals surface area contributed by atoms with E-state index in [1.807, 2.05) is 0 Å². The summed E-state index contributed by atoms with van der Waals surface area (Å²) in [7, 11) is 0. The molecule has 6 heteroatoms. The Hall–Kier alpha value is -1.98. The number of rotatable bonds is 1. The number of hydrogen-bond donors (Lipinski definition) is 2. The zero-order chi connectivity index (χ0) is 9.42. The molecule has 0 spiro atoms. The predicted octanol–water partition coefficient (Wildman–Crippen LogP) is 0.795. The molecule has 0 bridgehead atoms. The van der Waals surface area contributed by atoms with Gasteiger partial charge in [0.1, 0.15) is 11.3 Å². The van der Waals surface area contributed by atoms with Crippen molar-refractivity contribution in [3.8, 4) is 0 Å². The molecule has 0 aliphatic carbocycles. The van der Waals surface area contributed by atoms with E-state index < -0.39 is 17.3 Å². The minimum Gasteiger partial charge on any atom is -0.478 e. The summed E-state index contributed by atoms with van der Waals surface area (Å²) < 4.78 is 13.0. The number of halogens is 1. The first kappa shape index (κ1) is 7.66. The van der Waals surface area contributed by atoms with E-state index in [4.69, 9.17) is 5.11 Å². The van der Waals surface area contributed by atoms with Crippen LogP contribution in [0.5, 0.6) is 0 Å². The molecule has 0 aliphatic rings. The van der Waals surface area contributed by atoms with E-state index in [9.17, 15) is 9.18 Å². The summed E-state index contributed by atoms with van der Waals surface area (Å²) in [4.78, 5) is 10.5. The monoisotopic (exact) mass is 181 g/mol. The molecule has 5 nitrogen and oxygen atoms in total. The van der Waals surface area contributed by atoms with E-state index in [2.05, 4.69) is 15.4 Å². The van der Waals surface area contributed by atoms with Crippen molar-refractivity contribution in [1.82, 2.24) is 15.4 Å². The molecule has 1 aromatic heterocycles. The van der Waals surface area contributed by atoms with Crippen LogP contribution < -0.4 is 0 Å². The van der Waals surface area contributed by atoms with Crippen molar-refractivity contribution in [2.75, 3.05) is 0 Å². The van der Waals surface area contributed by atoms with Crippen molar-refractivity contribution in [1.29, 1.82) is 0 Å². The normalized spacial score (nSPS) is 10.5. The second-order valence-electron chi connectivity index (χ2n) is 2.47. The molecule has 1 aromatic carbocycles. The second kappa shape index (κ2) is 2.51. The highest BCUT2D eigenvalue weighted by molar-refractivity contribution is 5.92. The van der Waals surface area contributed by atoms with Crippen molar-refractivity contribution in [2.45, 2.75) is 0 Å². The number of benzene rings is 1. The van der Waals surface area contributed by atoms with Gasteiger partial charge in [-0.3, -0.25) is 5.10 Å². The molecule has 2 rings (SSSR count). The van der Waals surface area contributed by atoms with Gasteiger partial charge in [0.15, 0.2) is 0 Å². The van der Waals surface area contributed by atoms with Gasteiger partial charge in [-0.1, -0.05) is 5.21 Å². The highest BCUT2D eigenvalue weighted by Crippen LogP contribution is 2.14. The quantitative estimate of drug-likeness (QED) is 0.681. The van der Waals surface area contributed by atoms with Gasteiger partial charge in [0.25, 0.3) is 0 Å². The van der Waals surface area contributed by atoms with Crippen LogP contribution in [0, 0.1) is 5.82 Å². The molecule has 66 valence electrons. The molecule has 0 atom stereocenters. The average molecular weight is 181 g/mol. The van der Waals surface area contributed by atoms with Crippen LogP contribution in [0.15, 0.2) is 12.1 Å². The molecule has 0 fully saturated rings. The van der Waals surface area contributed by atoms with Gasteiger partial charge in [0.05, 0.1) is 11.1 Å². The summed E-state index contributed by atoms with van der Waals surface area (Å²) in [5.41, 5.74) is 0.319. The van der Waals surface area contributed by atoms with Crippen LogP contribution in [0.2, 0.25) is 0 Å². The van der Waals surface area contributed by atoms with Crippen LogP contribution in [0.1, 0.15) is 10.4 Å². The number of aromatic amines is 1. The standard InChI is InChI=1S/C7H4FN3O2/c8-4-2-6-5(9-11-10-6)1-3(4)7(12)13/h1-2H,(H,12,13)(H,9,10,11). The van der Waals surface area contributed by atoms with Gasteiger partial charge in [-0.25, -0.2) is 9.18 Å². The molecule has 0 radical (unpaired) electrons. The molecule has 0 unspecified atom stereocenters. The first-order chi connectivity index (χ1) is 6.18. The molecule has 13 heavy (non-hydrogen) atoms. The smallest absolute Gasteiger partial charge is 0.338 e. The number of carboxylic acids is 1. The fourth-order valence-corrected chi connectivity index (χ4v) is 1.03. The summed E-state index contributed by atoms with van der Waals surface area (Å²) in [5, 5.41) is 18.0. The van der Waals surface area contributed by atoms with Crippen LogP contribution in [0.4, 0.5) is 4.39 Å². The minimum atomic E-state index is -1.31. The van der Waals surface area contributed by atoms with E-state index in [1.165, 1.54) is 0 Å². The predicted molar refractivity (Wildman–Crippen MR) is 40.8 cm³/mol. The van der Waals surface area contributed by atoms with Crippen LogP contribution >= 0.6 is 0 Å². The number of hydrogen-bond acceptors (Lipinski definition) is 3. The van der Waals surface area contributed by atoms with Gasteiger partial charge in [-0.15, -0.1) is 5.10 Å². The SMILES string of the molecule is O=C(O)c1cc2[nH]nnc2cc1F. The molecular weight excluding hydrogens is 177 g/mol. The molecule has 2 aromatic rings. The first-order valence-corrected chi connectivity index (χ1v) is 3.42. The lowest BCUT2D eigenvalue weighted by atomic mass is 10.2. The van der Waals surface area contributed by atoms with Crippen LogP contribution in [0.3, 0.4) is 0 Å². The fraction of sp³-hybridized carbons (Fsp3) is 0. The van der Waals surface area contributed by atoms with Gasteiger partial charge in [-0.05, 0) is 6.07 Å². The third-order valence-corrected chi connectivity index (χ3v) is 1.64. The van der Waals surface area contributed by atoms with Gasteiger partial charge < -0.3 is 5.11 Å². The summed E-state index contributed by atoms with van der Waals surface area (Å²) in [5.74, 6) is -2.12. The number of aromatic nitrogens is 3. The number of aromatic carboxylic acids is 1. The third kappa shape index (κ3) is 1.12. The van der Waals surface area contributed by atoms with Crippen molar-refractivity contribution in [3.63, 3.8) is 0 Å². The van der Waals surface area contributed by atoms with Crippen molar-refractivity contribution >= 4 is 17.0 Å². The lowest BCUT2D eigenvalue weighted by molar-refractivity contribution is 0.0692. The largest absolute Gasteiger partial charge is 0.478 e. The van der Waals surface area contributed by atoms with E-state index in [1.54, 1.807) is 0 Å². The van der Waals surface area contributed by atoms with E-state index >= 15 is 0 Å². The van der Waals surface area contributed by atoms with Gasteiger partial charge in [0.2, 0.25) is 0 Å². The lowest BCUT2D eigenvalue weighted by Gasteiger charge is -1.95. The number of H-pyrrole nitrogens is 1. The molecular formula is C7H4FN3O2. The summed E-state index contributed by atoms with van der Waals surface area (Å²) in [6.07, 6.45) is 0. The topological polar surface area (TPSA) is 78.9 Å². The van der Waals surface area contributed by atoms with Crippen molar-refractivity contribution in [2.24, 2.45) is 0 Å². The van der Waals surface area contributed by atoms with Crippen molar-refractivity contribution < 1.29 is 14.3 Å². The van der Waals surface area contributed by atoms with Crippen LogP contribution in [0.25, 0.3) is 11.0 Å². The van der Waals surface area contributed by atoms with E-state index in [0.717, 1.165) is 12.1 Å². The van der Waals surface area contributed by atoms with Gasteiger partial charge in [-0.2, -0.15) is 0 Å². The number of nitrogens with zero attached hydrogens (tertiary/aromatic N) is 2. The number of carboxylic acid groups (broad SMARTS) is 1. The first-order valence-electron chi connectivity index (χ1n) is 3.42. The Bertz CT molecular complexity index is 480. The molecule has 1 heterocycles. The molecule has 0 saturated heterocycles. The Morgan fingerprint density at radius 1 is 1.54 bits per heavy atom. The molecule has 0 amide bonds. The Morgan fingerprint density at radius 2 is 2.31 bits per heavy atom. The highest BCUT2D eigenvalue weighted by Gasteiger charge is 2.12. The fourth-order valence-electron chi connectivity index (χ4n) is 1.03. The maximum absolute atomic E-state index is 13.0. The molecule has 0 aliphatic heterocycles. The summed E-state index contributed by atoms with van der Waals surface area (Å²) in [6.45, 7) is 0. The van der Waals surface area contributed by atoms with Crippen LogP contribution in [-0.2, 0) is 0 Å². The number of nitrogens with one attached hydrogen (secondary N) is 1. The van der Waals surface area contributed by atoms with Crippen molar-refractivity contribution in [3.05, 3.63) is 23.5 Å². The van der Waals surface area contributed by atoms with E-state index in [-0.39, 0.29) is 0 Å². The lowest BCUT2D eigenvalue weighted by Crippen LogP contribution is -1.99. The zero-order valence-electron chi connectivity index (χ0n) is 6.28. The van der Waals surface area contributed by atoms with Crippen LogP contribution in [-0.4, -0.2) is 26.5 Å². The highest BCUT2D eigenvalue weighted by atomic mass is 19.1. The Kier molecular flexibility index (Phi) is 1.48. The Labute approximate surface area is 71.2 Å². The average Bonchev–Trinajstić information content (AvgIpc) is 2.48. The maximum atomic E-state index is 13.0. The maximum Gasteiger partial charge on any atom is 0.338 e. The minimum absolute atomic E-state index is 0.308. The number of fused-ring (bicyclic) bond motifs is 1. The van der Waals surface area contributed by atoms with Gasteiger partial charge in [0, 0.05) is 6.07 Å². The Morgan fingerprint density at radius 3 is 3.00 bits per heavy atom. The van der Waals surface area contributed by atoms with Gasteiger partial charge >= 0.3 is 5.97 Å². The van der Waals surface area contributed by atoms with E-state index in [0.29, 0.717) is 11.0 Å². The third-order valence-electron chi connectivity index (χ3n) is 1.64. The number of carbonyl (C=O) groups is 1. The zero-order valence-corrected chi connectivity index (χ0v) is 6.28. The molecule has 2 N–H and O–H groups in total. The molecule has 0 saturated carbocycles. The second-order valence-corrected chi connectivity index (χ2v) is 2.47. The Balaban J connectivity index is 2.76. The summed E-state index contributed by atoms with van der Waals surface area (Å²) in [6, 6.07) is 2.19. The summed E-state index contributed by atoms with van der Waals surface area (Å²) >= 11 is 0.